The first-order valence-electron chi connectivity index (χ1n) is 6.65. The Labute approximate surface area is 109 Å². The molecule has 0 N–H and O–H groups in total. The molecule has 1 aromatic carbocycles. The number of hydrogen-bond donors (Lipinski definition) is 0. The highest BCUT2D eigenvalue weighted by molar-refractivity contribution is 5.96. The summed E-state index contributed by atoms with van der Waals surface area (Å²) < 4.78 is 5.37. The van der Waals surface area contributed by atoms with Crippen LogP contribution in [-0.2, 0) is 4.74 Å². The van der Waals surface area contributed by atoms with Gasteiger partial charge in [-0.05, 0) is 37.1 Å². The van der Waals surface area contributed by atoms with Crippen molar-refractivity contribution in [2.24, 2.45) is 0 Å². The van der Waals surface area contributed by atoms with E-state index in [0.29, 0.717) is 12.5 Å². The molecular weight excluding hydrogens is 226 g/mol. The zero-order chi connectivity index (χ0) is 13.0. The quantitative estimate of drug-likeness (QED) is 0.766. The molecule has 0 spiro atoms. The first kappa shape index (κ1) is 13.1. The Morgan fingerprint density at radius 2 is 1.89 bits per heavy atom. The lowest BCUT2D eigenvalue weighted by atomic mass is 10.1. The van der Waals surface area contributed by atoms with E-state index in [0.717, 1.165) is 31.5 Å². The van der Waals surface area contributed by atoms with Gasteiger partial charge in [-0.15, -0.1) is 0 Å². The minimum absolute atomic E-state index is 0.208. The molecule has 0 amide bonds. The number of ketones is 1. The predicted molar refractivity (Wildman–Crippen MR) is 73.3 cm³/mol. The summed E-state index contributed by atoms with van der Waals surface area (Å²) in [5.41, 5.74) is 2.02. The lowest BCUT2D eigenvalue weighted by Gasteiger charge is -2.33. The molecule has 1 heterocycles. The zero-order valence-corrected chi connectivity index (χ0v) is 11.2. The lowest BCUT2D eigenvalue weighted by molar-refractivity contribution is 0.0819. The maximum absolute atomic E-state index is 11.6. The highest BCUT2D eigenvalue weighted by atomic mass is 16.5. The number of carbonyl (C=O) groups is 1. The smallest absolute Gasteiger partial charge is 0.162 e. The average molecular weight is 247 g/mol. The van der Waals surface area contributed by atoms with Crippen LogP contribution in [0, 0.1) is 0 Å². The summed E-state index contributed by atoms with van der Waals surface area (Å²) in [7, 11) is 1.78. The molecule has 0 aromatic heterocycles. The van der Waals surface area contributed by atoms with Crippen LogP contribution < -0.4 is 4.90 Å². The highest BCUT2D eigenvalue weighted by Crippen LogP contribution is 2.21. The van der Waals surface area contributed by atoms with Crippen LogP contribution in [0.25, 0.3) is 0 Å². The second-order valence-corrected chi connectivity index (χ2v) is 4.75. The van der Waals surface area contributed by atoms with Crippen LogP contribution in [0.2, 0.25) is 0 Å². The number of nitrogens with zero attached hydrogens (tertiary/aromatic N) is 1. The molecule has 0 saturated carbocycles. The molecule has 1 fully saturated rings. The molecule has 2 rings (SSSR count). The molecule has 1 aromatic rings. The number of hydrogen-bond acceptors (Lipinski definition) is 3. The second kappa shape index (κ2) is 6.01. The van der Waals surface area contributed by atoms with Gasteiger partial charge in [0.1, 0.15) is 0 Å². The topological polar surface area (TPSA) is 29.5 Å². The largest absolute Gasteiger partial charge is 0.381 e. The van der Waals surface area contributed by atoms with Crippen molar-refractivity contribution in [2.45, 2.75) is 32.3 Å². The fourth-order valence-corrected chi connectivity index (χ4v) is 2.41. The van der Waals surface area contributed by atoms with Crippen molar-refractivity contribution < 1.29 is 9.53 Å². The predicted octanol–water partition coefficient (Wildman–Crippen LogP) is 2.89. The van der Waals surface area contributed by atoms with E-state index < -0.39 is 0 Å². The normalized spacial score (nSPS) is 16.9. The molecule has 0 atom stereocenters. The van der Waals surface area contributed by atoms with Crippen molar-refractivity contribution in [3.8, 4) is 0 Å². The van der Waals surface area contributed by atoms with Gasteiger partial charge in [-0.3, -0.25) is 4.79 Å². The fourth-order valence-electron chi connectivity index (χ4n) is 2.41. The molecule has 98 valence electrons. The van der Waals surface area contributed by atoms with Crippen LogP contribution in [0.1, 0.15) is 36.5 Å². The van der Waals surface area contributed by atoms with Gasteiger partial charge in [-0.25, -0.2) is 0 Å². The Kier molecular flexibility index (Phi) is 4.37. The second-order valence-electron chi connectivity index (χ2n) is 4.75. The Bertz CT molecular complexity index is 391. The van der Waals surface area contributed by atoms with E-state index >= 15 is 0 Å². The molecule has 0 radical (unpaired) electrons. The maximum atomic E-state index is 11.6. The number of anilines is 1. The van der Waals surface area contributed by atoms with Gasteiger partial charge >= 0.3 is 0 Å². The van der Waals surface area contributed by atoms with Gasteiger partial charge < -0.3 is 9.64 Å². The molecule has 3 heteroatoms. The summed E-state index contributed by atoms with van der Waals surface area (Å²) in [6.07, 6.45) is 3.12. The first-order valence-corrected chi connectivity index (χ1v) is 6.65. The van der Waals surface area contributed by atoms with Gasteiger partial charge in [0.25, 0.3) is 0 Å². The Hall–Kier alpha value is -1.35. The van der Waals surface area contributed by atoms with Crippen molar-refractivity contribution >= 4 is 11.5 Å². The van der Waals surface area contributed by atoms with E-state index in [-0.39, 0.29) is 5.78 Å². The number of benzene rings is 1. The summed E-state index contributed by atoms with van der Waals surface area (Å²) in [4.78, 5) is 13.9. The molecule has 0 aliphatic carbocycles. The SMILES string of the molecule is CCC(=O)c1ccc(N2CCC(OC)CC2)cc1. The van der Waals surface area contributed by atoms with Crippen LogP contribution >= 0.6 is 0 Å². The van der Waals surface area contributed by atoms with Crippen molar-refractivity contribution in [1.29, 1.82) is 0 Å². The Morgan fingerprint density at radius 3 is 2.39 bits per heavy atom. The average Bonchev–Trinajstić information content (AvgIpc) is 2.47. The van der Waals surface area contributed by atoms with E-state index in [1.807, 2.05) is 19.1 Å². The van der Waals surface area contributed by atoms with E-state index in [1.54, 1.807) is 7.11 Å². The highest BCUT2D eigenvalue weighted by Gasteiger charge is 2.18. The van der Waals surface area contributed by atoms with Gasteiger partial charge in [0.15, 0.2) is 5.78 Å². The Morgan fingerprint density at radius 1 is 1.28 bits per heavy atom. The molecular formula is C15H21NO2. The van der Waals surface area contributed by atoms with Gasteiger partial charge in [-0.1, -0.05) is 6.92 Å². The third kappa shape index (κ3) is 2.91. The maximum Gasteiger partial charge on any atom is 0.162 e. The Balaban J connectivity index is 2.00. The molecule has 3 nitrogen and oxygen atoms in total. The lowest BCUT2D eigenvalue weighted by Crippen LogP contribution is -2.36. The van der Waals surface area contributed by atoms with Gasteiger partial charge in [0, 0.05) is 37.9 Å². The van der Waals surface area contributed by atoms with E-state index in [9.17, 15) is 4.79 Å². The van der Waals surface area contributed by atoms with E-state index in [4.69, 9.17) is 4.74 Å². The minimum Gasteiger partial charge on any atom is -0.381 e. The molecule has 0 bridgehead atoms. The number of Topliss-reactive ketones (excluding diaryl/α,β-unsaturated/α-hetero) is 1. The van der Waals surface area contributed by atoms with Crippen LogP contribution in [0.3, 0.4) is 0 Å². The summed E-state index contributed by atoms with van der Waals surface area (Å²) in [6, 6.07) is 7.97. The first-order chi connectivity index (χ1) is 8.74. The zero-order valence-electron chi connectivity index (χ0n) is 11.2. The minimum atomic E-state index is 0.208. The number of methoxy groups -OCH3 is 1. The van der Waals surface area contributed by atoms with Crippen LogP contribution in [-0.4, -0.2) is 32.1 Å². The van der Waals surface area contributed by atoms with Gasteiger partial charge in [0.05, 0.1) is 6.10 Å². The summed E-state index contributed by atoms with van der Waals surface area (Å²) in [5.74, 6) is 0.208. The molecule has 1 aliphatic rings. The molecule has 1 saturated heterocycles. The number of carbonyl (C=O) groups excluding carboxylic acids is 1. The fraction of sp³-hybridized carbons (Fsp3) is 0.533. The van der Waals surface area contributed by atoms with Crippen molar-refractivity contribution in [2.75, 3.05) is 25.1 Å². The van der Waals surface area contributed by atoms with Crippen molar-refractivity contribution in [3.63, 3.8) is 0 Å². The van der Waals surface area contributed by atoms with Crippen molar-refractivity contribution in [3.05, 3.63) is 29.8 Å². The van der Waals surface area contributed by atoms with Gasteiger partial charge in [-0.2, -0.15) is 0 Å². The summed E-state index contributed by atoms with van der Waals surface area (Å²) in [5, 5.41) is 0. The van der Waals surface area contributed by atoms with Crippen LogP contribution in [0.4, 0.5) is 5.69 Å². The molecule has 18 heavy (non-hydrogen) atoms. The number of rotatable bonds is 4. The third-order valence-electron chi connectivity index (χ3n) is 3.65. The van der Waals surface area contributed by atoms with Crippen LogP contribution in [0.5, 0.6) is 0 Å². The monoisotopic (exact) mass is 247 g/mol. The molecule has 1 aliphatic heterocycles. The van der Waals surface area contributed by atoms with Crippen molar-refractivity contribution in [1.82, 2.24) is 0 Å². The van der Waals surface area contributed by atoms with E-state index in [1.165, 1.54) is 5.69 Å². The summed E-state index contributed by atoms with van der Waals surface area (Å²) >= 11 is 0. The number of ether oxygens (including phenoxy) is 1. The number of piperidine rings is 1. The standard InChI is InChI=1S/C15H21NO2/c1-3-15(17)12-4-6-13(7-5-12)16-10-8-14(18-2)9-11-16/h4-7,14H,3,8-11H2,1-2H3. The van der Waals surface area contributed by atoms with Gasteiger partial charge in [0.2, 0.25) is 0 Å². The third-order valence-corrected chi connectivity index (χ3v) is 3.65. The van der Waals surface area contributed by atoms with E-state index in [2.05, 4.69) is 17.0 Å². The van der Waals surface area contributed by atoms with Crippen LogP contribution in [0.15, 0.2) is 24.3 Å². The summed E-state index contributed by atoms with van der Waals surface area (Å²) in [6.45, 7) is 3.95. The molecule has 0 unspecified atom stereocenters.